The van der Waals surface area contributed by atoms with Gasteiger partial charge in [-0.3, -0.25) is 4.98 Å². The third-order valence-electron chi connectivity index (χ3n) is 2.91. The minimum absolute atomic E-state index is 0.103. The lowest BCUT2D eigenvalue weighted by Crippen LogP contribution is -1.95. The van der Waals surface area contributed by atoms with Gasteiger partial charge in [-0.05, 0) is 24.3 Å². The molecule has 0 aliphatic carbocycles. The fourth-order valence-corrected chi connectivity index (χ4v) is 1.95. The van der Waals surface area contributed by atoms with Crippen LogP contribution in [0, 0.1) is 23.0 Å². The number of aromatic nitrogens is 1. The molecule has 0 saturated heterocycles. The summed E-state index contributed by atoms with van der Waals surface area (Å²) < 4.78 is 32.7. The van der Waals surface area contributed by atoms with Gasteiger partial charge in [-0.1, -0.05) is 18.2 Å². The molecule has 0 spiro atoms. The summed E-state index contributed by atoms with van der Waals surface area (Å²) in [5.41, 5.74) is 0.652. The summed E-state index contributed by atoms with van der Waals surface area (Å²) >= 11 is 0. The zero-order valence-corrected chi connectivity index (χ0v) is 10.7. The first-order valence-electron chi connectivity index (χ1n) is 6.09. The minimum Gasteiger partial charge on any atom is -0.450 e. The predicted octanol–water partition coefficient (Wildman–Crippen LogP) is 4.18. The number of rotatable bonds is 2. The first kappa shape index (κ1) is 13.0. The number of ether oxygens (including phenoxy) is 1. The molecule has 102 valence electrons. The van der Waals surface area contributed by atoms with Crippen LogP contribution in [0.3, 0.4) is 0 Å². The molecule has 3 nitrogen and oxygen atoms in total. The first-order valence-corrected chi connectivity index (χ1v) is 6.09. The highest BCUT2D eigenvalue weighted by molar-refractivity contribution is 5.79. The maximum Gasteiger partial charge on any atom is 0.198 e. The quantitative estimate of drug-likeness (QED) is 0.708. The number of benzene rings is 2. The van der Waals surface area contributed by atoms with Gasteiger partial charge < -0.3 is 4.74 Å². The number of nitriles is 1. The van der Waals surface area contributed by atoms with Crippen molar-refractivity contribution in [2.45, 2.75) is 0 Å². The molecular formula is C16H8F2N2O. The molecule has 1 heterocycles. The molecule has 21 heavy (non-hydrogen) atoms. The van der Waals surface area contributed by atoms with Gasteiger partial charge in [0.2, 0.25) is 0 Å². The fourth-order valence-electron chi connectivity index (χ4n) is 1.95. The molecule has 2 aromatic carbocycles. The molecule has 0 bridgehead atoms. The van der Waals surface area contributed by atoms with Crippen LogP contribution in [0.4, 0.5) is 8.78 Å². The Morgan fingerprint density at radius 1 is 1.05 bits per heavy atom. The Hall–Kier alpha value is -3.00. The molecule has 0 saturated carbocycles. The van der Waals surface area contributed by atoms with Gasteiger partial charge in [0.1, 0.15) is 5.75 Å². The van der Waals surface area contributed by atoms with Crippen LogP contribution in [0.1, 0.15) is 5.56 Å². The Labute approximate surface area is 119 Å². The van der Waals surface area contributed by atoms with E-state index in [9.17, 15) is 8.78 Å². The SMILES string of the molecule is N#Cc1cc(F)c(Oc2cnc3ccccc3c2)c(F)c1. The second-order valence-electron chi connectivity index (χ2n) is 4.35. The molecule has 1 aromatic heterocycles. The molecule has 3 aromatic rings. The lowest BCUT2D eigenvalue weighted by atomic mass is 10.2. The number of fused-ring (bicyclic) bond motifs is 1. The van der Waals surface area contributed by atoms with Crippen LogP contribution < -0.4 is 4.74 Å². The van der Waals surface area contributed by atoms with Crippen molar-refractivity contribution >= 4 is 10.9 Å². The lowest BCUT2D eigenvalue weighted by Gasteiger charge is -2.08. The molecule has 5 heteroatoms. The summed E-state index contributed by atoms with van der Waals surface area (Å²) in [5, 5.41) is 9.45. The van der Waals surface area contributed by atoms with Crippen molar-refractivity contribution in [3.8, 4) is 17.6 Å². The largest absolute Gasteiger partial charge is 0.450 e. The zero-order valence-electron chi connectivity index (χ0n) is 10.7. The van der Waals surface area contributed by atoms with E-state index in [-0.39, 0.29) is 11.3 Å². The molecule has 0 radical (unpaired) electrons. The van der Waals surface area contributed by atoms with Gasteiger partial charge in [0.25, 0.3) is 0 Å². The first-order chi connectivity index (χ1) is 10.2. The molecule has 3 rings (SSSR count). The normalized spacial score (nSPS) is 10.3. The topological polar surface area (TPSA) is 45.9 Å². The van der Waals surface area contributed by atoms with Gasteiger partial charge in [0, 0.05) is 5.39 Å². The van der Waals surface area contributed by atoms with Crippen LogP contribution in [0.15, 0.2) is 48.7 Å². The molecule has 0 amide bonds. The maximum absolute atomic E-state index is 13.8. The summed E-state index contributed by atoms with van der Waals surface area (Å²) in [7, 11) is 0. The van der Waals surface area contributed by atoms with Crippen molar-refractivity contribution in [1.82, 2.24) is 4.98 Å². The number of halogens is 2. The highest BCUT2D eigenvalue weighted by Gasteiger charge is 2.14. The van der Waals surface area contributed by atoms with E-state index < -0.39 is 17.4 Å². The molecular weight excluding hydrogens is 274 g/mol. The van der Waals surface area contributed by atoms with E-state index in [0.29, 0.717) is 0 Å². The van der Waals surface area contributed by atoms with E-state index in [0.717, 1.165) is 23.0 Å². The van der Waals surface area contributed by atoms with Gasteiger partial charge in [0.05, 0.1) is 23.3 Å². The average molecular weight is 282 g/mol. The summed E-state index contributed by atoms with van der Waals surface area (Å²) in [6.45, 7) is 0. The molecule has 0 fully saturated rings. The van der Waals surface area contributed by atoms with E-state index in [1.807, 2.05) is 24.3 Å². The number of hydrogen-bond acceptors (Lipinski definition) is 3. The van der Waals surface area contributed by atoms with Crippen molar-refractivity contribution in [3.63, 3.8) is 0 Å². The maximum atomic E-state index is 13.8. The highest BCUT2D eigenvalue weighted by Crippen LogP contribution is 2.29. The van der Waals surface area contributed by atoms with E-state index in [4.69, 9.17) is 10.00 Å². The summed E-state index contributed by atoms with van der Waals surface area (Å²) in [6, 6.07) is 12.5. The summed E-state index contributed by atoms with van der Waals surface area (Å²) in [4.78, 5) is 4.15. The summed E-state index contributed by atoms with van der Waals surface area (Å²) in [5.74, 6) is -2.19. The Morgan fingerprint density at radius 2 is 1.76 bits per heavy atom. The van der Waals surface area contributed by atoms with Crippen LogP contribution in [0.5, 0.6) is 11.5 Å². The van der Waals surface area contributed by atoms with E-state index in [1.165, 1.54) is 6.20 Å². The van der Waals surface area contributed by atoms with Gasteiger partial charge in [-0.15, -0.1) is 0 Å². The molecule has 0 atom stereocenters. The van der Waals surface area contributed by atoms with Crippen molar-refractivity contribution in [3.05, 3.63) is 65.9 Å². The minimum atomic E-state index is -0.931. The Kier molecular flexibility index (Phi) is 3.20. The third-order valence-corrected chi connectivity index (χ3v) is 2.91. The van der Waals surface area contributed by atoms with Gasteiger partial charge in [-0.2, -0.15) is 5.26 Å². The highest BCUT2D eigenvalue weighted by atomic mass is 19.1. The fraction of sp³-hybridized carbons (Fsp3) is 0. The monoisotopic (exact) mass is 282 g/mol. The van der Waals surface area contributed by atoms with Crippen molar-refractivity contribution in [1.29, 1.82) is 5.26 Å². The molecule has 0 aliphatic rings. The average Bonchev–Trinajstić information content (AvgIpc) is 2.50. The van der Waals surface area contributed by atoms with Gasteiger partial charge >= 0.3 is 0 Å². The van der Waals surface area contributed by atoms with Crippen LogP contribution in [0.25, 0.3) is 10.9 Å². The van der Waals surface area contributed by atoms with Gasteiger partial charge in [0.15, 0.2) is 17.4 Å². The second-order valence-corrected chi connectivity index (χ2v) is 4.35. The zero-order chi connectivity index (χ0) is 14.8. The smallest absolute Gasteiger partial charge is 0.198 e. The van der Waals surface area contributed by atoms with Crippen molar-refractivity contribution in [2.24, 2.45) is 0 Å². The van der Waals surface area contributed by atoms with Crippen LogP contribution >= 0.6 is 0 Å². The van der Waals surface area contributed by atoms with Crippen molar-refractivity contribution in [2.75, 3.05) is 0 Å². The molecule has 0 unspecified atom stereocenters. The lowest BCUT2D eigenvalue weighted by molar-refractivity contribution is 0.406. The van der Waals surface area contributed by atoms with E-state index in [2.05, 4.69) is 4.98 Å². The molecule has 0 N–H and O–H groups in total. The molecule has 0 aliphatic heterocycles. The number of para-hydroxylation sites is 1. The number of hydrogen-bond donors (Lipinski definition) is 0. The number of pyridine rings is 1. The second kappa shape index (κ2) is 5.17. The third kappa shape index (κ3) is 2.51. The van der Waals surface area contributed by atoms with Crippen LogP contribution in [0.2, 0.25) is 0 Å². The number of nitrogens with zero attached hydrogens (tertiary/aromatic N) is 2. The Morgan fingerprint density at radius 3 is 2.48 bits per heavy atom. The predicted molar refractivity (Wildman–Crippen MR) is 72.9 cm³/mol. The Bertz CT molecular complexity index is 849. The van der Waals surface area contributed by atoms with E-state index >= 15 is 0 Å². The standard InChI is InChI=1S/C16H8F2N2O/c17-13-5-10(8-19)6-14(18)16(13)21-12-7-11-3-1-2-4-15(11)20-9-12/h1-7,9H. The van der Waals surface area contributed by atoms with Crippen LogP contribution in [-0.4, -0.2) is 4.98 Å². The van der Waals surface area contributed by atoms with E-state index in [1.54, 1.807) is 12.1 Å². The van der Waals surface area contributed by atoms with Gasteiger partial charge in [-0.25, -0.2) is 8.78 Å². The Balaban J connectivity index is 2.01. The van der Waals surface area contributed by atoms with Crippen molar-refractivity contribution < 1.29 is 13.5 Å². The summed E-state index contributed by atoms with van der Waals surface area (Å²) in [6.07, 6.45) is 1.39. The van der Waals surface area contributed by atoms with Crippen LogP contribution in [-0.2, 0) is 0 Å².